The number of ketones is 1. The van der Waals surface area contributed by atoms with E-state index in [4.69, 9.17) is 16.3 Å². The van der Waals surface area contributed by atoms with Crippen LogP contribution < -0.4 is 14.8 Å². The molecule has 12 nitrogen and oxygen atoms in total. The highest BCUT2D eigenvalue weighted by Gasteiger charge is 2.36. The Kier molecular flexibility index (Phi) is 15.6. The number of halogens is 1. The topological polar surface area (TPSA) is 175 Å². The first kappa shape index (κ1) is 46.4. The summed E-state index contributed by atoms with van der Waals surface area (Å²) in [6.07, 6.45) is 10.4. The molecule has 1 heterocycles. The fraction of sp³-hybridized carbons (Fsp3) is 0.364. The Morgan fingerprint density at radius 3 is 1.93 bits per heavy atom. The molecule has 0 aliphatic heterocycles. The van der Waals surface area contributed by atoms with E-state index in [2.05, 4.69) is 17.0 Å². The second-order valence-corrected chi connectivity index (χ2v) is 21.2. The minimum Gasteiger partial charge on any atom is -0.470 e. The molecule has 0 spiro atoms. The minimum atomic E-state index is -4.02. The second-order valence-electron chi connectivity index (χ2n) is 15.0. The summed E-state index contributed by atoms with van der Waals surface area (Å²) in [6, 6.07) is 23.4. The lowest BCUT2D eigenvalue weighted by Gasteiger charge is -2.21. The number of sulfonamides is 1. The SMILES string of the molecule is CCCCCCCCCCCCS(=O)(=O)c1ccc(NC(=O)C(Oc2ccc(S(C)(=O)=O)cc2NS(C)(=O)=O)C(=O)c2c(-c3ccccc3)n(C)c3ccccc23)c(Cl)c1. The smallest absolute Gasteiger partial charge is 0.273 e. The number of aromatic nitrogens is 1. The van der Waals surface area contributed by atoms with Gasteiger partial charge in [0.15, 0.2) is 19.7 Å². The Hall–Kier alpha value is -4.70. The molecule has 4 aromatic carbocycles. The van der Waals surface area contributed by atoms with Crippen molar-refractivity contribution in [2.75, 3.05) is 28.3 Å². The molecule has 0 saturated heterocycles. The first-order valence-corrected chi connectivity index (χ1v) is 25.7. The molecule has 5 aromatic rings. The van der Waals surface area contributed by atoms with Crippen LogP contribution in [0.25, 0.3) is 22.2 Å². The predicted octanol–water partition coefficient (Wildman–Crippen LogP) is 9.24. The molecule has 2 N–H and O–H groups in total. The van der Waals surface area contributed by atoms with Crippen LogP contribution in [-0.2, 0) is 41.5 Å². The van der Waals surface area contributed by atoms with Crippen LogP contribution in [0.1, 0.15) is 81.5 Å². The van der Waals surface area contributed by atoms with Crippen LogP contribution in [0.3, 0.4) is 0 Å². The largest absolute Gasteiger partial charge is 0.470 e. The highest BCUT2D eigenvalue weighted by atomic mass is 35.5. The Bertz CT molecular complexity index is 2660. The maximum Gasteiger partial charge on any atom is 0.273 e. The summed E-state index contributed by atoms with van der Waals surface area (Å²) in [6.45, 7) is 2.19. The number of benzene rings is 4. The number of hydrogen-bond acceptors (Lipinski definition) is 9. The molecule has 1 amide bonds. The molecule has 0 bridgehead atoms. The number of unbranched alkanes of at least 4 members (excludes halogenated alkanes) is 9. The lowest BCUT2D eigenvalue weighted by Crippen LogP contribution is -2.40. The highest BCUT2D eigenvalue weighted by Crippen LogP contribution is 2.37. The Morgan fingerprint density at radius 2 is 1.32 bits per heavy atom. The van der Waals surface area contributed by atoms with Gasteiger partial charge in [-0.2, -0.15) is 0 Å². The predicted molar refractivity (Wildman–Crippen MR) is 239 cm³/mol. The third-order valence-electron chi connectivity index (χ3n) is 10.1. The molecule has 0 aliphatic carbocycles. The number of ether oxygens (including phenoxy) is 1. The number of sulfone groups is 2. The van der Waals surface area contributed by atoms with Crippen LogP contribution in [0.15, 0.2) is 101 Å². The molecule has 1 unspecified atom stereocenters. The number of hydrogen-bond donors (Lipinski definition) is 2. The first-order valence-electron chi connectivity index (χ1n) is 19.9. The molecule has 0 fully saturated rings. The standard InChI is InChI=1S/C44H52ClN3O9S3/c1-5-6-7-8-9-10-11-12-13-19-28-60(55,56)33-24-26-36(35(45)29-33)46-44(50)43(57-39-27-25-32(58(3,51)52)30-37(39)47-59(4,53)54)42(49)40-34-22-17-18-23-38(34)48(2)41(40)31-20-15-14-16-21-31/h14-18,20-27,29-30,43,47H,5-13,19,28H2,1-4H3,(H,46,50). The van der Waals surface area contributed by atoms with Crippen LogP contribution >= 0.6 is 11.6 Å². The van der Waals surface area contributed by atoms with Gasteiger partial charge in [-0.1, -0.05) is 125 Å². The number of rotatable bonds is 22. The number of fused-ring (bicyclic) bond motifs is 1. The quantitative estimate of drug-likeness (QED) is 0.0390. The van der Waals surface area contributed by atoms with E-state index in [1.54, 1.807) is 31.3 Å². The van der Waals surface area contributed by atoms with Gasteiger partial charge in [0, 0.05) is 24.2 Å². The summed E-state index contributed by atoms with van der Waals surface area (Å²) in [4.78, 5) is 29.1. The lowest BCUT2D eigenvalue weighted by atomic mass is 9.98. The summed E-state index contributed by atoms with van der Waals surface area (Å²) < 4.78 is 86.6. The van der Waals surface area contributed by atoms with Crippen molar-refractivity contribution in [3.8, 4) is 17.0 Å². The van der Waals surface area contributed by atoms with Gasteiger partial charge in [-0.25, -0.2) is 25.3 Å². The summed E-state index contributed by atoms with van der Waals surface area (Å²) in [7, 11) is -9.78. The number of nitrogens with zero attached hydrogens (tertiary/aromatic N) is 1. The summed E-state index contributed by atoms with van der Waals surface area (Å²) in [5, 5.41) is 3.01. The van der Waals surface area contributed by atoms with Crippen molar-refractivity contribution >= 4 is 75.3 Å². The number of carbonyl (C=O) groups is 2. The Labute approximate surface area is 358 Å². The van der Waals surface area contributed by atoms with Crippen molar-refractivity contribution in [2.24, 2.45) is 7.05 Å². The lowest BCUT2D eigenvalue weighted by molar-refractivity contribution is -0.120. The van der Waals surface area contributed by atoms with Crippen molar-refractivity contribution in [3.05, 3.63) is 102 Å². The van der Waals surface area contributed by atoms with Crippen molar-refractivity contribution in [1.82, 2.24) is 4.57 Å². The van der Waals surface area contributed by atoms with Gasteiger partial charge >= 0.3 is 0 Å². The number of Topliss-reactive ketones (excluding diaryl/α,β-unsaturated/α-hetero) is 1. The number of amides is 1. The van der Waals surface area contributed by atoms with E-state index >= 15 is 0 Å². The fourth-order valence-electron chi connectivity index (χ4n) is 7.07. The third-order valence-corrected chi connectivity index (χ3v) is 13.9. The summed E-state index contributed by atoms with van der Waals surface area (Å²) >= 11 is 6.61. The van der Waals surface area contributed by atoms with Crippen LogP contribution in [0.2, 0.25) is 5.02 Å². The fourth-order valence-corrected chi connectivity index (χ4v) is 9.96. The van der Waals surface area contributed by atoms with Crippen molar-refractivity contribution in [3.63, 3.8) is 0 Å². The van der Waals surface area contributed by atoms with E-state index in [1.165, 1.54) is 50.3 Å². The van der Waals surface area contributed by atoms with E-state index < -0.39 is 47.5 Å². The monoisotopic (exact) mass is 897 g/mol. The Morgan fingerprint density at radius 1 is 0.717 bits per heavy atom. The second kappa shape index (κ2) is 20.2. The number of aryl methyl sites for hydroxylation is 1. The zero-order chi connectivity index (χ0) is 43.7. The maximum atomic E-state index is 15.0. The van der Waals surface area contributed by atoms with Crippen LogP contribution in [0.5, 0.6) is 5.75 Å². The zero-order valence-corrected chi connectivity index (χ0v) is 37.4. The van der Waals surface area contributed by atoms with Gasteiger partial charge in [0.25, 0.3) is 5.91 Å². The number of carbonyl (C=O) groups excluding carboxylic acids is 2. The Balaban J connectivity index is 1.47. The third kappa shape index (κ3) is 12.0. The van der Waals surface area contributed by atoms with Crippen molar-refractivity contribution in [1.29, 1.82) is 0 Å². The van der Waals surface area contributed by atoms with Gasteiger partial charge in [-0.3, -0.25) is 14.3 Å². The molecule has 0 radical (unpaired) electrons. The van der Waals surface area contributed by atoms with E-state index in [0.29, 0.717) is 28.6 Å². The number of anilines is 2. The molecule has 60 heavy (non-hydrogen) atoms. The molecule has 5 rings (SSSR count). The maximum absolute atomic E-state index is 15.0. The average Bonchev–Trinajstić information content (AvgIpc) is 3.49. The van der Waals surface area contributed by atoms with E-state index in [9.17, 15) is 34.8 Å². The molecule has 0 saturated carbocycles. The molecule has 16 heteroatoms. The molecule has 322 valence electrons. The summed E-state index contributed by atoms with van der Waals surface area (Å²) in [5.74, 6) is -2.21. The molecule has 0 aliphatic rings. The van der Waals surface area contributed by atoms with E-state index in [0.717, 1.165) is 56.4 Å². The van der Waals surface area contributed by atoms with Gasteiger partial charge < -0.3 is 14.6 Å². The normalized spacial score (nSPS) is 12.6. The minimum absolute atomic E-state index is 0.0101. The van der Waals surface area contributed by atoms with Gasteiger partial charge in [0.05, 0.1) is 49.5 Å². The molecule has 1 atom stereocenters. The highest BCUT2D eigenvalue weighted by molar-refractivity contribution is 7.92. The van der Waals surface area contributed by atoms with Gasteiger partial charge in [-0.15, -0.1) is 0 Å². The van der Waals surface area contributed by atoms with Crippen LogP contribution in [0.4, 0.5) is 11.4 Å². The van der Waals surface area contributed by atoms with Gasteiger partial charge in [0.2, 0.25) is 21.9 Å². The van der Waals surface area contributed by atoms with Gasteiger partial charge in [-0.05, 0) is 54.4 Å². The first-order chi connectivity index (χ1) is 28.4. The van der Waals surface area contributed by atoms with E-state index in [-0.39, 0.29) is 43.3 Å². The summed E-state index contributed by atoms with van der Waals surface area (Å²) in [5.41, 5.74) is 1.59. The zero-order valence-electron chi connectivity index (χ0n) is 34.2. The van der Waals surface area contributed by atoms with Gasteiger partial charge in [0.1, 0.15) is 5.75 Å². The molecule has 1 aromatic heterocycles. The van der Waals surface area contributed by atoms with Crippen LogP contribution in [-0.4, -0.2) is 65.9 Å². The molecular weight excluding hydrogens is 846 g/mol. The van der Waals surface area contributed by atoms with E-state index in [1.807, 2.05) is 34.9 Å². The molecular formula is C44H52ClN3O9S3. The van der Waals surface area contributed by atoms with Crippen molar-refractivity contribution in [2.45, 2.75) is 87.0 Å². The average molecular weight is 899 g/mol. The van der Waals surface area contributed by atoms with Crippen LogP contribution in [0, 0.1) is 0 Å². The number of nitrogens with one attached hydrogen (secondary N) is 2. The number of para-hydroxylation sites is 1. The van der Waals surface area contributed by atoms with Crippen molar-refractivity contribution < 1.29 is 39.6 Å².